The standard InChI is InChI=1S/C13H17NO3/c1-3-7-13-9-6-5-8(17-9)10(13)11(15)14(4-2)12(13)16/h5-6,8-10H,3-4,7H2,1-2H3. The lowest BCUT2D eigenvalue weighted by molar-refractivity contribution is -0.144. The third-order valence-electron chi connectivity index (χ3n) is 4.33. The number of hydrogen-bond acceptors (Lipinski definition) is 3. The van der Waals surface area contributed by atoms with E-state index < -0.39 is 5.41 Å². The lowest BCUT2D eigenvalue weighted by Gasteiger charge is -2.30. The number of imide groups is 1. The highest BCUT2D eigenvalue weighted by atomic mass is 16.5. The van der Waals surface area contributed by atoms with E-state index in [1.54, 1.807) is 0 Å². The molecule has 3 aliphatic rings. The summed E-state index contributed by atoms with van der Waals surface area (Å²) in [6, 6.07) is 0. The van der Waals surface area contributed by atoms with Crippen LogP contribution in [-0.4, -0.2) is 35.5 Å². The van der Waals surface area contributed by atoms with Crippen LogP contribution in [0.2, 0.25) is 0 Å². The van der Waals surface area contributed by atoms with Gasteiger partial charge in [0, 0.05) is 6.54 Å². The van der Waals surface area contributed by atoms with Crippen molar-refractivity contribution < 1.29 is 14.3 Å². The number of ether oxygens (including phenoxy) is 1. The third-order valence-corrected chi connectivity index (χ3v) is 4.33. The first-order chi connectivity index (χ1) is 8.16. The van der Waals surface area contributed by atoms with Crippen LogP contribution in [0.25, 0.3) is 0 Å². The molecule has 0 N–H and O–H groups in total. The maximum absolute atomic E-state index is 12.5. The molecule has 2 amide bonds. The first-order valence-corrected chi connectivity index (χ1v) is 6.36. The van der Waals surface area contributed by atoms with E-state index in [0.29, 0.717) is 6.54 Å². The molecular formula is C13H17NO3. The monoisotopic (exact) mass is 235 g/mol. The van der Waals surface area contributed by atoms with E-state index in [4.69, 9.17) is 4.74 Å². The minimum absolute atomic E-state index is 0.0197. The molecule has 3 aliphatic heterocycles. The Balaban J connectivity index is 2.09. The molecule has 0 aromatic rings. The second kappa shape index (κ2) is 3.42. The van der Waals surface area contributed by atoms with Gasteiger partial charge in [-0.2, -0.15) is 0 Å². The van der Waals surface area contributed by atoms with Gasteiger partial charge in [0.15, 0.2) is 0 Å². The maximum Gasteiger partial charge on any atom is 0.239 e. The van der Waals surface area contributed by atoms with Crippen LogP contribution in [0.5, 0.6) is 0 Å². The van der Waals surface area contributed by atoms with E-state index in [1.165, 1.54) is 4.90 Å². The molecule has 0 spiro atoms. The summed E-state index contributed by atoms with van der Waals surface area (Å²) in [4.78, 5) is 26.2. The Bertz CT molecular complexity index is 417. The van der Waals surface area contributed by atoms with Crippen LogP contribution in [0.4, 0.5) is 0 Å². The van der Waals surface area contributed by atoms with Gasteiger partial charge in [-0.05, 0) is 13.3 Å². The van der Waals surface area contributed by atoms with Crippen LogP contribution < -0.4 is 0 Å². The number of carbonyl (C=O) groups excluding carboxylic acids is 2. The van der Waals surface area contributed by atoms with E-state index in [0.717, 1.165) is 12.8 Å². The van der Waals surface area contributed by atoms with Crippen molar-refractivity contribution in [3.05, 3.63) is 12.2 Å². The van der Waals surface area contributed by atoms with Gasteiger partial charge in [-0.1, -0.05) is 25.5 Å². The van der Waals surface area contributed by atoms with E-state index in [1.807, 2.05) is 26.0 Å². The van der Waals surface area contributed by atoms with Crippen molar-refractivity contribution in [1.29, 1.82) is 0 Å². The highest BCUT2D eigenvalue weighted by molar-refractivity contribution is 6.09. The summed E-state index contributed by atoms with van der Waals surface area (Å²) in [7, 11) is 0. The van der Waals surface area contributed by atoms with Crippen molar-refractivity contribution >= 4 is 11.8 Å². The predicted octanol–water partition coefficient (Wildman–Crippen LogP) is 1.11. The lowest BCUT2D eigenvalue weighted by atomic mass is 9.67. The van der Waals surface area contributed by atoms with Crippen molar-refractivity contribution in [2.75, 3.05) is 6.54 Å². The van der Waals surface area contributed by atoms with E-state index in [2.05, 4.69) is 0 Å². The lowest BCUT2D eigenvalue weighted by Crippen LogP contribution is -2.43. The molecular weight excluding hydrogens is 218 g/mol. The van der Waals surface area contributed by atoms with Crippen LogP contribution >= 0.6 is 0 Å². The fourth-order valence-electron chi connectivity index (χ4n) is 3.68. The molecule has 0 aromatic carbocycles. The van der Waals surface area contributed by atoms with Crippen LogP contribution in [0.1, 0.15) is 26.7 Å². The molecule has 4 unspecified atom stereocenters. The first-order valence-electron chi connectivity index (χ1n) is 6.36. The van der Waals surface area contributed by atoms with Crippen LogP contribution in [0.3, 0.4) is 0 Å². The molecule has 2 fully saturated rings. The van der Waals surface area contributed by atoms with Gasteiger partial charge in [0.1, 0.15) is 0 Å². The van der Waals surface area contributed by atoms with E-state index in [-0.39, 0.29) is 29.9 Å². The summed E-state index contributed by atoms with van der Waals surface area (Å²) in [5.41, 5.74) is -0.596. The average Bonchev–Trinajstić information content (AvgIpc) is 2.93. The second-order valence-electron chi connectivity index (χ2n) is 5.06. The molecule has 4 heteroatoms. The molecule has 0 saturated carbocycles. The third kappa shape index (κ3) is 1.07. The van der Waals surface area contributed by atoms with Crippen molar-refractivity contribution in [3.8, 4) is 0 Å². The Morgan fingerprint density at radius 3 is 2.76 bits per heavy atom. The van der Waals surface area contributed by atoms with E-state index in [9.17, 15) is 9.59 Å². The Hall–Kier alpha value is -1.16. The Kier molecular flexibility index (Phi) is 2.20. The number of rotatable bonds is 3. The zero-order chi connectivity index (χ0) is 12.2. The Labute approximate surface area is 101 Å². The quantitative estimate of drug-likeness (QED) is 0.544. The van der Waals surface area contributed by atoms with Crippen LogP contribution in [0.15, 0.2) is 12.2 Å². The van der Waals surface area contributed by atoms with Gasteiger partial charge in [-0.25, -0.2) is 0 Å². The molecule has 0 aliphatic carbocycles. The Morgan fingerprint density at radius 1 is 1.35 bits per heavy atom. The van der Waals surface area contributed by atoms with Gasteiger partial charge < -0.3 is 4.74 Å². The number of fused-ring (bicyclic) bond motifs is 5. The van der Waals surface area contributed by atoms with Crippen molar-refractivity contribution in [2.24, 2.45) is 11.3 Å². The summed E-state index contributed by atoms with van der Waals surface area (Å²) in [5.74, 6) is -0.332. The number of carbonyl (C=O) groups is 2. The summed E-state index contributed by atoms with van der Waals surface area (Å²) >= 11 is 0. The summed E-state index contributed by atoms with van der Waals surface area (Å²) in [5, 5.41) is 0. The van der Waals surface area contributed by atoms with Gasteiger partial charge in [0.05, 0.1) is 23.5 Å². The first kappa shape index (κ1) is 11.0. The SMILES string of the molecule is CCCC12C(=O)N(CC)C(=O)C1C1C=CC2O1. The molecule has 4 atom stereocenters. The summed E-state index contributed by atoms with van der Waals surface area (Å²) in [6.07, 6.45) is 5.16. The normalized spacial score (nSPS) is 42.7. The molecule has 2 bridgehead atoms. The largest absolute Gasteiger partial charge is 0.365 e. The average molecular weight is 235 g/mol. The van der Waals surface area contributed by atoms with E-state index >= 15 is 0 Å². The zero-order valence-corrected chi connectivity index (χ0v) is 10.2. The molecule has 2 saturated heterocycles. The van der Waals surface area contributed by atoms with Gasteiger partial charge >= 0.3 is 0 Å². The van der Waals surface area contributed by atoms with Gasteiger partial charge in [-0.15, -0.1) is 0 Å². The zero-order valence-electron chi connectivity index (χ0n) is 10.2. The molecule has 4 nitrogen and oxygen atoms in total. The second-order valence-corrected chi connectivity index (χ2v) is 5.06. The number of amides is 2. The Morgan fingerprint density at radius 2 is 2.12 bits per heavy atom. The van der Waals surface area contributed by atoms with Crippen molar-refractivity contribution in [2.45, 2.75) is 38.9 Å². The molecule has 3 heterocycles. The molecule has 17 heavy (non-hydrogen) atoms. The number of hydrogen-bond donors (Lipinski definition) is 0. The summed E-state index contributed by atoms with van der Waals surface area (Å²) in [6.45, 7) is 4.37. The van der Waals surface area contributed by atoms with Crippen LogP contribution in [-0.2, 0) is 14.3 Å². The van der Waals surface area contributed by atoms with Gasteiger partial charge in [-0.3, -0.25) is 14.5 Å². The van der Waals surface area contributed by atoms with Gasteiger partial charge in [0.25, 0.3) is 0 Å². The molecule has 92 valence electrons. The molecule has 0 aromatic heterocycles. The number of nitrogens with zero attached hydrogens (tertiary/aromatic N) is 1. The smallest absolute Gasteiger partial charge is 0.239 e. The fourth-order valence-corrected chi connectivity index (χ4v) is 3.68. The highest BCUT2D eigenvalue weighted by Crippen LogP contribution is 2.56. The predicted molar refractivity (Wildman–Crippen MR) is 61.0 cm³/mol. The maximum atomic E-state index is 12.5. The van der Waals surface area contributed by atoms with Crippen LogP contribution in [0, 0.1) is 11.3 Å². The molecule has 3 rings (SSSR count). The topological polar surface area (TPSA) is 46.6 Å². The highest BCUT2D eigenvalue weighted by Gasteiger charge is 2.70. The van der Waals surface area contributed by atoms with Crippen molar-refractivity contribution in [1.82, 2.24) is 4.90 Å². The number of likely N-dealkylation sites (tertiary alicyclic amines) is 1. The minimum atomic E-state index is -0.596. The van der Waals surface area contributed by atoms with Gasteiger partial charge in [0.2, 0.25) is 11.8 Å². The fraction of sp³-hybridized carbons (Fsp3) is 0.692. The molecule has 0 radical (unpaired) electrons. The summed E-state index contributed by atoms with van der Waals surface area (Å²) < 4.78 is 5.75. The minimum Gasteiger partial charge on any atom is -0.365 e. The van der Waals surface area contributed by atoms with Crippen molar-refractivity contribution in [3.63, 3.8) is 0 Å².